The van der Waals surface area contributed by atoms with Gasteiger partial charge >= 0.3 is 0 Å². The Balaban J connectivity index is 1.50. The van der Waals surface area contributed by atoms with Crippen LogP contribution in [0.1, 0.15) is 0 Å². The summed E-state index contributed by atoms with van der Waals surface area (Å²) in [7, 11) is 0. The zero-order chi connectivity index (χ0) is 19.2. The van der Waals surface area contributed by atoms with E-state index < -0.39 is 0 Å². The highest BCUT2D eigenvalue weighted by atomic mass is 16.3. The van der Waals surface area contributed by atoms with Crippen LogP contribution in [-0.2, 0) is 0 Å². The lowest BCUT2D eigenvalue weighted by molar-refractivity contribution is 0.669. The summed E-state index contributed by atoms with van der Waals surface area (Å²) >= 11 is 0. The standard InChI is InChI=1S/C27H17NO/c1-2-6-18(7-3-1)20-10-12-23-24-14-21(11-13-26(24)29-27(23)16-20)25-15-19-8-4-5-9-22(19)17-28-25/h1-17H. The van der Waals surface area contributed by atoms with Crippen molar-refractivity contribution >= 4 is 32.7 Å². The molecule has 0 aliphatic heterocycles. The van der Waals surface area contributed by atoms with Gasteiger partial charge in [0.2, 0.25) is 0 Å². The van der Waals surface area contributed by atoms with Crippen molar-refractivity contribution in [3.63, 3.8) is 0 Å². The van der Waals surface area contributed by atoms with Gasteiger partial charge in [-0.1, -0.05) is 60.7 Å². The fourth-order valence-corrected chi connectivity index (χ4v) is 3.99. The molecule has 2 heteroatoms. The van der Waals surface area contributed by atoms with Gasteiger partial charge in [0.05, 0.1) is 5.69 Å². The minimum atomic E-state index is 0.898. The minimum Gasteiger partial charge on any atom is -0.456 e. The molecular weight excluding hydrogens is 354 g/mol. The molecule has 0 radical (unpaired) electrons. The Hall–Kier alpha value is -3.91. The molecule has 0 atom stereocenters. The normalized spacial score (nSPS) is 11.4. The highest BCUT2D eigenvalue weighted by molar-refractivity contribution is 6.07. The number of aromatic nitrogens is 1. The fraction of sp³-hybridized carbons (Fsp3) is 0. The van der Waals surface area contributed by atoms with Crippen molar-refractivity contribution in [1.82, 2.24) is 4.98 Å². The molecule has 136 valence electrons. The molecule has 0 aliphatic rings. The molecule has 0 fully saturated rings. The molecule has 2 aromatic heterocycles. The van der Waals surface area contributed by atoms with Gasteiger partial charge in [0, 0.05) is 27.9 Å². The zero-order valence-electron chi connectivity index (χ0n) is 15.7. The van der Waals surface area contributed by atoms with E-state index in [2.05, 4.69) is 83.8 Å². The number of rotatable bonds is 2. The van der Waals surface area contributed by atoms with E-state index in [-0.39, 0.29) is 0 Å². The zero-order valence-corrected chi connectivity index (χ0v) is 15.7. The second-order valence-corrected chi connectivity index (χ2v) is 7.31. The molecule has 6 rings (SSSR count). The number of benzene rings is 4. The first-order valence-corrected chi connectivity index (χ1v) is 9.72. The molecule has 6 aromatic rings. The molecule has 4 aromatic carbocycles. The summed E-state index contributed by atoms with van der Waals surface area (Å²) in [6.45, 7) is 0. The molecule has 0 unspecified atom stereocenters. The summed E-state index contributed by atoms with van der Waals surface area (Å²) in [6, 6.07) is 33.6. The van der Waals surface area contributed by atoms with Gasteiger partial charge in [0.15, 0.2) is 0 Å². The summed E-state index contributed by atoms with van der Waals surface area (Å²) in [4.78, 5) is 4.67. The molecule has 0 bridgehead atoms. The Kier molecular flexibility index (Phi) is 3.50. The van der Waals surface area contributed by atoms with E-state index in [1.807, 2.05) is 24.4 Å². The molecule has 0 saturated carbocycles. The van der Waals surface area contributed by atoms with E-state index in [4.69, 9.17) is 4.42 Å². The van der Waals surface area contributed by atoms with Crippen molar-refractivity contribution in [3.05, 3.63) is 103 Å². The third kappa shape index (κ3) is 2.69. The predicted octanol–water partition coefficient (Wildman–Crippen LogP) is 7.47. The lowest BCUT2D eigenvalue weighted by Gasteiger charge is -2.03. The van der Waals surface area contributed by atoms with Crippen LogP contribution in [0.15, 0.2) is 108 Å². The van der Waals surface area contributed by atoms with Crippen molar-refractivity contribution in [2.75, 3.05) is 0 Å². The second kappa shape index (κ2) is 6.32. The Morgan fingerprint density at radius 2 is 1.31 bits per heavy atom. The highest BCUT2D eigenvalue weighted by Crippen LogP contribution is 2.34. The monoisotopic (exact) mass is 371 g/mol. The molecule has 2 heterocycles. The number of nitrogens with zero attached hydrogens (tertiary/aromatic N) is 1. The average molecular weight is 371 g/mol. The molecule has 0 aliphatic carbocycles. The first-order valence-electron chi connectivity index (χ1n) is 9.72. The van der Waals surface area contributed by atoms with Crippen LogP contribution in [0.4, 0.5) is 0 Å². The van der Waals surface area contributed by atoms with Gasteiger partial charge in [0.1, 0.15) is 11.2 Å². The lowest BCUT2D eigenvalue weighted by Crippen LogP contribution is -1.84. The Morgan fingerprint density at radius 1 is 0.517 bits per heavy atom. The Labute approximate surface area is 168 Å². The number of furan rings is 1. The Morgan fingerprint density at radius 3 is 2.21 bits per heavy atom. The van der Waals surface area contributed by atoms with E-state index in [1.165, 1.54) is 10.9 Å². The number of pyridine rings is 1. The maximum absolute atomic E-state index is 6.16. The van der Waals surface area contributed by atoms with Crippen molar-refractivity contribution < 1.29 is 4.42 Å². The van der Waals surface area contributed by atoms with Gasteiger partial charge in [-0.3, -0.25) is 4.98 Å². The van der Waals surface area contributed by atoms with Crippen LogP contribution >= 0.6 is 0 Å². The first-order chi connectivity index (χ1) is 14.3. The maximum atomic E-state index is 6.16. The van der Waals surface area contributed by atoms with E-state index in [0.717, 1.165) is 44.1 Å². The average Bonchev–Trinajstić information content (AvgIpc) is 3.16. The summed E-state index contributed by atoms with van der Waals surface area (Å²) in [5.74, 6) is 0. The summed E-state index contributed by atoms with van der Waals surface area (Å²) < 4.78 is 6.16. The van der Waals surface area contributed by atoms with E-state index in [1.54, 1.807) is 0 Å². The van der Waals surface area contributed by atoms with Crippen LogP contribution in [0.25, 0.3) is 55.1 Å². The molecule has 0 spiro atoms. The van der Waals surface area contributed by atoms with Crippen LogP contribution < -0.4 is 0 Å². The lowest BCUT2D eigenvalue weighted by atomic mass is 10.0. The topological polar surface area (TPSA) is 26.0 Å². The van der Waals surface area contributed by atoms with Crippen molar-refractivity contribution in [2.24, 2.45) is 0 Å². The molecule has 29 heavy (non-hydrogen) atoms. The summed E-state index contributed by atoms with van der Waals surface area (Å²) in [6.07, 6.45) is 1.94. The SMILES string of the molecule is c1ccc(-c2ccc3c(c2)oc2ccc(-c4cc5ccccc5cn4)cc23)cc1. The largest absolute Gasteiger partial charge is 0.456 e. The van der Waals surface area contributed by atoms with Gasteiger partial charge in [-0.25, -0.2) is 0 Å². The van der Waals surface area contributed by atoms with E-state index >= 15 is 0 Å². The highest BCUT2D eigenvalue weighted by Gasteiger charge is 2.11. The van der Waals surface area contributed by atoms with E-state index in [0.29, 0.717) is 0 Å². The third-order valence-corrected chi connectivity index (χ3v) is 5.51. The summed E-state index contributed by atoms with van der Waals surface area (Å²) in [5.41, 5.74) is 6.23. The van der Waals surface area contributed by atoms with Crippen LogP contribution in [0.3, 0.4) is 0 Å². The second-order valence-electron chi connectivity index (χ2n) is 7.31. The van der Waals surface area contributed by atoms with Crippen LogP contribution in [0, 0.1) is 0 Å². The fourth-order valence-electron chi connectivity index (χ4n) is 3.99. The molecule has 0 N–H and O–H groups in total. The molecule has 2 nitrogen and oxygen atoms in total. The van der Waals surface area contributed by atoms with Gasteiger partial charge < -0.3 is 4.42 Å². The van der Waals surface area contributed by atoms with Crippen LogP contribution in [0.2, 0.25) is 0 Å². The number of hydrogen-bond acceptors (Lipinski definition) is 2. The molecule has 0 saturated heterocycles. The van der Waals surface area contributed by atoms with Gasteiger partial charge in [-0.05, 0) is 52.9 Å². The number of hydrogen-bond donors (Lipinski definition) is 0. The van der Waals surface area contributed by atoms with Crippen LogP contribution in [0.5, 0.6) is 0 Å². The maximum Gasteiger partial charge on any atom is 0.136 e. The molecule has 0 amide bonds. The first kappa shape index (κ1) is 16.1. The minimum absolute atomic E-state index is 0.898. The van der Waals surface area contributed by atoms with Gasteiger partial charge in [0.25, 0.3) is 0 Å². The van der Waals surface area contributed by atoms with Crippen LogP contribution in [-0.4, -0.2) is 4.98 Å². The quantitative estimate of drug-likeness (QED) is 0.315. The smallest absolute Gasteiger partial charge is 0.136 e. The third-order valence-electron chi connectivity index (χ3n) is 5.51. The number of fused-ring (bicyclic) bond motifs is 4. The summed E-state index contributed by atoms with van der Waals surface area (Å²) in [5, 5.41) is 4.59. The van der Waals surface area contributed by atoms with Gasteiger partial charge in [-0.15, -0.1) is 0 Å². The Bertz CT molecular complexity index is 1500. The predicted molar refractivity (Wildman–Crippen MR) is 120 cm³/mol. The van der Waals surface area contributed by atoms with Gasteiger partial charge in [-0.2, -0.15) is 0 Å². The van der Waals surface area contributed by atoms with Crippen molar-refractivity contribution in [3.8, 4) is 22.4 Å². The van der Waals surface area contributed by atoms with Crippen molar-refractivity contribution in [2.45, 2.75) is 0 Å². The van der Waals surface area contributed by atoms with E-state index in [9.17, 15) is 0 Å². The molecular formula is C27H17NO. The van der Waals surface area contributed by atoms with Crippen molar-refractivity contribution in [1.29, 1.82) is 0 Å².